The predicted molar refractivity (Wildman–Crippen MR) is 80.3 cm³/mol. The molecule has 1 aromatic carbocycles. The molecule has 0 bridgehead atoms. The Bertz CT molecular complexity index is 405. The number of nitrogens with zero attached hydrogens (tertiary/aromatic N) is 1. The van der Waals surface area contributed by atoms with Crippen molar-refractivity contribution in [3.8, 4) is 0 Å². The Hall–Kier alpha value is -0.280. The molecule has 0 saturated heterocycles. The fourth-order valence-corrected chi connectivity index (χ4v) is 2.52. The summed E-state index contributed by atoms with van der Waals surface area (Å²) in [6.45, 7) is 8.06. The topological polar surface area (TPSA) is 29.3 Å². The minimum absolute atomic E-state index is 0.0991. The second kappa shape index (κ2) is 6.25. The van der Waals surface area contributed by atoms with Gasteiger partial charge < -0.3 is 5.73 Å². The molecular formula is C14H22Cl2N2. The first-order chi connectivity index (χ1) is 8.26. The van der Waals surface area contributed by atoms with E-state index < -0.39 is 0 Å². The van der Waals surface area contributed by atoms with Crippen molar-refractivity contribution < 1.29 is 0 Å². The highest BCUT2D eigenvalue weighted by Crippen LogP contribution is 2.30. The third kappa shape index (κ3) is 4.13. The molecule has 4 heteroatoms. The van der Waals surface area contributed by atoms with Crippen LogP contribution >= 0.6 is 23.2 Å². The number of hydrogen-bond acceptors (Lipinski definition) is 2. The number of benzene rings is 1. The van der Waals surface area contributed by atoms with Crippen LogP contribution < -0.4 is 5.73 Å². The normalized spacial score (nSPS) is 14.0. The van der Waals surface area contributed by atoms with Gasteiger partial charge in [0.25, 0.3) is 0 Å². The van der Waals surface area contributed by atoms with E-state index in [0.29, 0.717) is 16.6 Å². The molecule has 0 aliphatic carbocycles. The van der Waals surface area contributed by atoms with Crippen LogP contribution in [0.2, 0.25) is 10.0 Å². The Labute approximate surface area is 120 Å². The van der Waals surface area contributed by atoms with Gasteiger partial charge in [-0.1, -0.05) is 43.1 Å². The van der Waals surface area contributed by atoms with E-state index in [-0.39, 0.29) is 11.5 Å². The van der Waals surface area contributed by atoms with Crippen LogP contribution in [0.5, 0.6) is 0 Å². The van der Waals surface area contributed by atoms with Gasteiger partial charge in [-0.2, -0.15) is 0 Å². The molecule has 0 aromatic heterocycles. The smallest absolute Gasteiger partial charge is 0.0468 e. The van der Waals surface area contributed by atoms with Crippen LogP contribution in [0, 0.1) is 5.41 Å². The average Bonchev–Trinajstić information content (AvgIpc) is 2.27. The molecule has 1 rings (SSSR count). The second-order valence-electron chi connectivity index (χ2n) is 5.63. The lowest BCUT2D eigenvalue weighted by molar-refractivity contribution is 0.174. The van der Waals surface area contributed by atoms with E-state index in [1.165, 1.54) is 0 Å². The van der Waals surface area contributed by atoms with Gasteiger partial charge in [-0.15, -0.1) is 0 Å². The van der Waals surface area contributed by atoms with Gasteiger partial charge >= 0.3 is 0 Å². The summed E-state index contributed by atoms with van der Waals surface area (Å²) in [5.74, 6) is 0. The first-order valence-electron chi connectivity index (χ1n) is 6.12. The largest absolute Gasteiger partial charge is 0.330 e. The van der Waals surface area contributed by atoms with Crippen LogP contribution in [0.25, 0.3) is 0 Å². The van der Waals surface area contributed by atoms with Gasteiger partial charge in [0.05, 0.1) is 0 Å². The summed E-state index contributed by atoms with van der Waals surface area (Å²) in [4.78, 5) is 2.27. The van der Waals surface area contributed by atoms with Gasteiger partial charge in [0, 0.05) is 22.6 Å². The molecule has 0 aliphatic heterocycles. The molecule has 0 spiro atoms. The zero-order chi connectivity index (χ0) is 13.9. The number of halogens is 2. The highest BCUT2D eigenvalue weighted by Gasteiger charge is 2.22. The van der Waals surface area contributed by atoms with Crippen molar-refractivity contribution in [1.82, 2.24) is 4.90 Å². The molecule has 1 aromatic rings. The summed E-state index contributed by atoms with van der Waals surface area (Å²) in [5.41, 5.74) is 6.97. The Morgan fingerprint density at radius 2 is 1.94 bits per heavy atom. The number of hydrogen-bond donors (Lipinski definition) is 1. The Morgan fingerprint density at radius 3 is 2.44 bits per heavy atom. The summed E-state index contributed by atoms with van der Waals surface area (Å²) in [5, 5.41) is 1.38. The maximum Gasteiger partial charge on any atom is 0.0468 e. The van der Waals surface area contributed by atoms with Crippen LogP contribution in [0.1, 0.15) is 32.4 Å². The molecule has 1 unspecified atom stereocenters. The fraction of sp³-hybridized carbons (Fsp3) is 0.571. The van der Waals surface area contributed by atoms with Gasteiger partial charge in [-0.3, -0.25) is 4.90 Å². The van der Waals surface area contributed by atoms with Gasteiger partial charge in [0.1, 0.15) is 0 Å². The summed E-state index contributed by atoms with van der Waals surface area (Å²) in [6.07, 6.45) is 0. The summed E-state index contributed by atoms with van der Waals surface area (Å²) in [7, 11) is 2.09. The van der Waals surface area contributed by atoms with Crippen LogP contribution in [0.15, 0.2) is 18.2 Å². The van der Waals surface area contributed by atoms with Crippen LogP contribution in [-0.2, 0) is 0 Å². The van der Waals surface area contributed by atoms with E-state index in [9.17, 15) is 0 Å². The van der Waals surface area contributed by atoms with E-state index >= 15 is 0 Å². The lowest BCUT2D eigenvalue weighted by Gasteiger charge is -2.33. The van der Waals surface area contributed by atoms with E-state index in [2.05, 4.69) is 32.7 Å². The van der Waals surface area contributed by atoms with Crippen molar-refractivity contribution in [3.63, 3.8) is 0 Å². The Morgan fingerprint density at radius 1 is 1.33 bits per heavy atom. The van der Waals surface area contributed by atoms with Gasteiger partial charge in [0.15, 0.2) is 0 Å². The standard InChI is InChI=1S/C14H22Cl2N2/c1-10(18(4)9-14(2,3)8-17)12-6-5-11(15)7-13(12)16/h5-7,10H,8-9,17H2,1-4H3. The molecule has 0 aliphatic rings. The van der Waals surface area contributed by atoms with Crippen LogP contribution in [0.3, 0.4) is 0 Å². The van der Waals surface area contributed by atoms with Gasteiger partial charge in [-0.25, -0.2) is 0 Å². The first-order valence-corrected chi connectivity index (χ1v) is 6.87. The average molecular weight is 289 g/mol. The molecule has 1 atom stereocenters. The molecule has 0 fully saturated rings. The quantitative estimate of drug-likeness (QED) is 0.888. The van der Waals surface area contributed by atoms with Crippen LogP contribution in [-0.4, -0.2) is 25.0 Å². The molecule has 0 heterocycles. The maximum absolute atomic E-state index is 6.24. The lowest BCUT2D eigenvalue weighted by atomic mass is 9.92. The molecule has 0 amide bonds. The third-order valence-electron chi connectivity index (χ3n) is 3.30. The third-order valence-corrected chi connectivity index (χ3v) is 3.87. The maximum atomic E-state index is 6.24. The van der Waals surface area contributed by atoms with Crippen LogP contribution in [0.4, 0.5) is 0 Å². The molecular weight excluding hydrogens is 267 g/mol. The molecule has 2 nitrogen and oxygen atoms in total. The van der Waals surface area contributed by atoms with E-state index in [4.69, 9.17) is 28.9 Å². The second-order valence-corrected chi connectivity index (χ2v) is 6.47. The van der Waals surface area contributed by atoms with Gasteiger partial charge in [0.2, 0.25) is 0 Å². The van der Waals surface area contributed by atoms with Crippen molar-refractivity contribution >= 4 is 23.2 Å². The minimum atomic E-state index is 0.0991. The SMILES string of the molecule is CC(c1ccc(Cl)cc1Cl)N(C)CC(C)(C)CN. The van der Waals surface area contributed by atoms with Crippen molar-refractivity contribution in [1.29, 1.82) is 0 Å². The molecule has 2 N–H and O–H groups in total. The summed E-state index contributed by atoms with van der Waals surface area (Å²) in [6, 6.07) is 5.89. The fourth-order valence-electron chi connectivity index (χ4n) is 1.95. The number of rotatable bonds is 5. The van der Waals surface area contributed by atoms with Crippen molar-refractivity contribution in [2.45, 2.75) is 26.8 Å². The molecule has 102 valence electrons. The predicted octanol–water partition coefficient (Wildman–Crippen LogP) is 3.97. The highest BCUT2D eigenvalue weighted by atomic mass is 35.5. The Balaban J connectivity index is 2.83. The lowest BCUT2D eigenvalue weighted by Crippen LogP contribution is -2.37. The molecule has 0 saturated carbocycles. The van der Waals surface area contributed by atoms with Crippen molar-refractivity contribution in [3.05, 3.63) is 33.8 Å². The van der Waals surface area contributed by atoms with E-state index in [1.807, 2.05) is 12.1 Å². The minimum Gasteiger partial charge on any atom is -0.330 e. The van der Waals surface area contributed by atoms with Crippen molar-refractivity contribution in [2.24, 2.45) is 11.1 Å². The summed E-state index contributed by atoms with van der Waals surface area (Å²) < 4.78 is 0. The zero-order valence-electron chi connectivity index (χ0n) is 11.5. The molecule has 0 radical (unpaired) electrons. The highest BCUT2D eigenvalue weighted by molar-refractivity contribution is 6.35. The number of nitrogens with two attached hydrogens (primary N) is 1. The molecule has 18 heavy (non-hydrogen) atoms. The first kappa shape index (κ1) is 15.8. The monoisotopic (exact) mass is 288 g/mol. The zero-order valence-corrected chi connectivity index (χ0v) is 13.0. The van der Waals surface area contributed by atoms with Crippen molar-refractivity contribution in [2.75, 3.05) is 20.1 Å². The van der Waals surface area contributed by atoms with Gasteiger partial charge in [-0.05, 0) is 43.6 Å². The Kier molecular flexibility index (Phi) is 5.47. The van der Waals surface area contributed by atoms with E-state index in [0.717, 1.165) is 12.1 Å². The summed E-state index contributed by atoms with van der Waals surface area (Å²) >= 11 is 12.2. The van der Waals surface area contributed by atoms with E-state index in [1.54, 1.807) is 6.07 Å².